The minimum atomic E-state index is -0.580. The van der Waals surface area contributed by atoms with Gasteiger partial charge in [-0.15, -0.1) is 11.3 Å². The second-order valence-corrected chi connectivity index (χ2v) is 8.88. The molecule has 0 aliphatic carbocycles. The Kier molecular flexibility index (Phi) is 7.84. The van der Waals surface area contributed by atoms with Gasteiger partial charge in [-0.1, -0.05) is 41.4 Å². The molecule has 3 rings (SSSR count). The van der Waals surface area contributed by atoms with Crippen molar-refractivity contribution in [2.75, 3.05) is 12.4 Å². The van der Waals surface area contributed by atoms with E-state index in [4.69, 9.17) is 16.3 Å². The molecule has 2 N–H and O–H groups in total. The van der Waals surface area contributed by atoms with E-state index in [9.17, 15) is 18.8 Å². The lowest BCUT2D eigenvalue weighted by atomic mass is 10.0. The highest BCUT2D eigenvalue weighted by atomic mass is 35.5. The first kappa shape index (κ1) is 24.4. The molecule has 0 aliphatic rings. The van der Waals surface area contributed by atoms with Crippen molar-refractivity contribution in [2.24, 2.45) is 0 Å². The van der Waals surface area contributed by atoms with E-state index in [1.54, 1.807) is 13.0 Å². The number of esters is 1. The maximum atomic E-state index is 13.2. The van der Waals surface area contributed by atoms with E-state index >= 15 is 0 Å². The second-order valence-electron chi connectivity index (χ2n) is 7.42. The van der Waals surface area contributed by atoms with Crippen LogP contribution in [0.3, 0.4) is 0 Å². The lowest BCUT2D eigenvalue weighted by Crippen LogP contribution is -2.30. The maximum absolute atomic E-state index is 13.2. The maximum Gasteiger partial charge on any atom is 0.307 e. The van der Waals surface area contributed by atoms with E-state index < -0.39 is 23.7 Å². The Labute approximate surface area is 199 Å². The van der Waals surface area contributed by atoms with E-state index in [1.165, 1.54) is 13.2 Å². The molecule has 1 atom stereocenters. The third kappa shape index (κ3) is 6.18. The molecule has 1 aromatic heterocycles. The summed E-state index contributed by atoms with van der Waals surface area (Å²) in [5.74, 6) is -1.89. The number of amides is 2. The molecular formula is C24H22ClFN2O4S. The Hall–Kier alpha value is -3.23. The average Bonchev–Trinajstić information content (AvgIpc) is 3.13. The molecule has 9 heteroatoms. The molecule has 0 saturated carbocycles. The summed E-state index contributed by atoms with van der Waals surface area (Å²) in [5, 5.41) is 5.99. The summed E-state index contributed by atoms with van der Waals surface area (Å²) in [4.78, 5) is 37.8. The van der Waals surface area contributed by atoms with Crippen LogP contribution in [0.2, 0.25) is 5.02 Å². The molecule has 6 nitrogen and oxygen atoms in total. The van der Waals surface area contributed by atoms with Crippen LogP contribution >= 0.6 is 22.9 Å². The zero-order valence-electron chi connectivity index (χ0n) is 18.2. The van der Waals surface area contributed by atoms with Crippen molar-refractivity contribution in [2.45, 2.75) is 26.3 Å². The van der Waals surface area contributed by atoms with Gasteiger partial charge >= 0.3 is 5.97 Å². The van der Waals surface area contributed by atoms with Crippen LogP contribution in [0.1, 0.15) is 49.2 Å². The average molecular weight is 489 g/mol. The largest absolute Gasteiger partial charge is 0.469 e. The minimum Gasteiger partial charge on any atom is -0.469 e. The van der Waals surface area contributed by atoms with Gasteiger partial charge in [-0.3, -0.25) is 14.4 Å². The van der Waals surface area contributed by atoms with Crippen molar-refractivity contribution >= 4 is 45.7 Å². The molecule has 0 aliphatic heterocycles. The summed E-state index contributed by atoms with van der Waals surface area (Å²) in [6.45, 7) is 3.69. The number of aryl methyl sites for hydroxylation is 2. The smallest absolute Gasteiger partial charge is 0.307 e. The van der Waals surface area contributed by atoms with Gasteiger partial charge in [0.1, 0.15) is 5.82 Å². The SMILES string of the molecule is COC(=O)CC(NC(=O)c1sc(NC(=O)c2ccc(F)cc2Cl)cc1C)c1ccc(C)cc1. The van der Waals surface area contributed by atoms with E-state index in [1.807, 2.05) is 31.2 Å². The Morgan fingerprint density at radius 3 is 2.39 bits per heavy atom. The van der Waals surface area contributed by atoms with Crippen LogP contribution in [-0.4, -0.2) is 24.9 Å². The van der Waals surface area contributed by atoms with Crippen molar-refractivity contribution in [3.8, 4) is 0 Å². The van der Waals surface area contributed by atoms with Crippen molar-refractivity contribution in [3.63, 3.8) is 0 Å². The zero-order chi connectivity index (χ0) is 24.1. The number of benzene rings is 2. The summed E-state index contributed by atoms with van der Waals surface area (Å²) in [5.41, 5.74) is 2.59. The van der Waals surface area contributed by atoms with Gasteiger partial charge in [-0.05, 0) is 49.2 Å². The van der Waals surface area contributed by atoms with Crippen LogP contribution in [-0.2, 0) is 9.53 Å². The van der Waals surface area contributed by atoms with Crippen LogP contribution < -0.4 is 10.6 Å². The van der Waals surface area contributed by atoms with E-state index in [0.29, 0.717) is 15.4 Å². The molecule has 3 aromatic rings. The first-order chi connectivity index (χ1) is 15.7. The number of hydrogen-bond donors (Lipinski definition) is 2. The van der Waals surface area contributed by atoms with Gasteiger partial charge in [0.05, 0.1) is 40.0 Å². The lowest BCUT2D eigenvalue weighted by molar-refractivity contribution is -0.141. The van der Waals surface area contributed by atoms with Crippen molar-refractivity contribution in [3.05, 3.63) is 86.5 Å². The predicted octanol–water partition coefficient (Wildman–Crippen LogP) is 5.44. The van der Waals surface area contributed by atoms with Crippen LogP contribution in [0.5, 0.6) is 0 Å². The highest BCUT2D eigenvalue weighted by molar-refractivity contribution is 7.18. The Bertz CT molecular complexity index is 1190. The van der Waals surface area contributed by atoms with Gasteiger partial charge in [-0.2, -0.15) is 0 Å². The summed E-state index contributed by atoms with van der Waals surface area (Å²) < 4.78 is 18.0. The number of thiophene rings is 1. The highest BCUT2D eigenvalue weighted by Crippen LogP contribution is 2.29. The molecule has 2 aromatic carbocycles. The van der Waals surface area contributed by atoms with Gasteiger partial charge in [0, 0.05) is 0 Å². The predicted molar refractivity (Wildman–Crippen MR) is 126 cm³/mol. The number of halogens is 2. The summed E-state index contributed by atoms with van der Waals surface area (Å²) in [6, 6.07) is 12.1. The van der Waals surface area contributed by atoms with Crippen LogP contribution in [0, 0.1) is 19.7 Å². The molecule has 1 unspecified atom stereocenters. The van der Waals surface area contributed by atoms with Crippen molar-refractivity contribution < 1.29 is 23.5 Å². The van der Waals surface area contributed by atoms with Crippen LogP contribution in [0.4, 0.5) is 9.39 Å². The number of nitrogens with one attached hydrogen (secondary N) is 2. The number of methoxy groups -OCH3 is 1. The van der Waals surface area contributed by atoms with Gasteiger partial charge in [0.2, 0.25) is 0 Å². The van der Waals surface area contributed by atoms with Crippen LogP contribution in [0.25, 0.3) is 0 Å². The van der Waals surface area contributed by atoms with Gasteiger partial charge < -0.3 is 15.4 Å². The minimum absolute atomic E-state index is 0.0116. The first-order valence-corrected chi connectivity index (χ1v) is 11.2. The topological polar surface area (TPSA) is 84.5 Å². The molecule has 0 bridgehead atoms. The molecule has 172 valence electrons. The van der Waals surface area contributed by atoms with Crippen molar-refractivity contribution in [1.82, 2.24) is 5.32 Å². The normalized spacial score (nSPS) is 11.5. The summed E-state index contributed by atoms with van der Waals surface area (Å²) in [6.07, 6.45) is -0.0254. The number of anilines is 1. The first-order valence-electron chi connectivity index (χ1n) is 9.99. The highest BCUT2D eigenvalue weighted by Gasteiger charge is 2.23. The molecule has 33 heavy (non-hydrogen) atoms. The Morgan fingerprint density at radius 2 is 1.76 bits per heavy atom. The van der Waals surface area contributed by atoms with E-state index in [0.717, 1.165) is 34.6 Å². The number of carbonyl (C=O) groups is 3. The zero-order valence-corrected chi connectivity index (χ0v) is 19.8. The quantitative estimate of drug-likeness (QED) is 0.433. The second kappa shape index (κ2) is 10.6. The van der Waals surface area contributed by atoms with Gasteiger partial charge in [0.25, 0.3) is 11.8 Å². The molecule has 0 saturated heterocycles. The number of carbonyl (C=O) groups excluding carboxylic acids is 3. The van der Waals surface area contributed by atoms with Gasteiger partial charge in [0.15, 0.2) is 0 Å². The van der Waals surface area contributed by atoms with Crippen LogP contribution in [0.15, 0.2) is 48.5 Å². The molecule has 0 fully saturated rings. The lowest BCUT2D eigenvalue weighted by Gasteiger charge is -2.18. The van der Waals surface area contributed by atoms with E-state index in [-0.39, 0.29) is 22.9 Å². The standard InChI is InChI=1S/C24H22ClFN2O4S/c1-13-4-6-15(7-5-13)19(12-21(29)32-3)27-24(31)22-14(2)10-20(33-22)28-23(30)17-9-8-16(26)11-18(17)25/h4-11,19H,12H2,1-3H3,(H,27,31)(H,28,30). The summed E-state index contributed by atoms with van der Waals surface area (Å²) >= 11 is 7.04. The molecule has 0 spiro atoms. The third-order valence-corrected chi connectivity index (χ3v) is 6.38. The van der Waals surface area contributed by atoms with E-state index in [2.05, 4.69) is 10.6 Å². The fraction of sp³-hybridized carbons (Fsp3) is 0.208. The number of rotatable bonds is 7. The molecule has 2 amide bonds. The number of ether oxygens (including phenoxy) is 1. The number of hydrogen-bond acceptors (Lipinski definition) is 5. The third-order valence-electron chi connectivity index (χ3n) is 4.92. The van der Waals surface area contributed by atoms with Crippen molar-refractivity contribution in [1.29, 1.82) is 0 Å². The summed E-state index contributed by atoms with van der Waals surface area (Å²) in [7, 11) is 1.29. The monoisotopic (exact) mass is 488 g/mol. The fourth-order valence-corrected chi connectivity index (χ4v) is 4.37. The fourth-order valence-electron chi connectivity index (χ4n) is 3.15. The Morgan fingerprint density at radius 1 is 1.06 bits per heavy atom. The Balaban J connectivity index is 1.78. The molecular weight excluding hydrogens is 467 g/mol. The molecule has 1 heterocycles. The van der Waals surface area contributed by atoms with Gasteiger partial charge in [-0.25, -0.2) is 4.39 Å². The molecule has 0 radical (unpaired) electrons.